The number of hydrogen-bond acceptors (Lipinski definition) is 2. The van der Waals surface area contributed by atoms with Gasteiger partial charge in [-0.05, 0) is 94.2 Å². The summed E-state index contributed by atoms with van der Waals surface area (Å²) in [5.74, 6) is 0. The molecule has 1 aliphatic rings. The second-order valence-electron chi connectivity index (χ2n) is 8.26. The largest absolute Gasteiger partial charge is 0.361 e. The minimum absolute atomic E-state index is 0.262. The molecule has 3 N–H and O–H groups in total. The highest BCUT2D eigenvalue weighted by atomic mass is 127. The van der Waals surface area contributed by atoms with Crippen molar-refractivity contribution in [2.75, 3.05) is 23.7 Å². The molecule has 0 radical (unpaired) electrons. The number of aromatic nitrogens is 1. The van der Waals surface area contributed by atoms with Gasteiger partial charge in [0, 0.05) is 51.1 Å². The third kappa shape index (κ3) is 5.21. The van der Waals surface area contributed by atoms with E-state index in [1.54, 1.807) is 0 Å². The zero-order chi connectivity index (χ0) is 22.7. The summed E-state index contributed by atoms with van der Waals surface area (Å²) in [7, 11) is 0. The topological polar surface area (TPSA) is 60.2 Å². The van der Waals surface area contributed by atoms with Crippen LogP contribution in [-0.2, 0) is 0 Å². The predicted molar refractivity (Wildman–Crippen MR) is 146 cm³/mol. The lowest BCUT2D eigenvalue weighted by molar-refractivity contribution is 0.219. The number of benzene rings is 2. The standard InChI is InChI=1S/C25H28BrIN4O/c1-3-5-16(2)31-12-10-17(11-13-31)20-15-28-22-9-8-18(14-19(20)22)29-25(32)30-23-7-4-6-21(27)24(23)26/h4,6-10,14-16,28H,3,5,11-13H2,1-2H3,(H2,29,30,32). The Kier molecular flexibility index (Phi) is 7.58. The molecule has 0 bridgehead atoms. The van der Waals surface area contributed by atoms with Gasteiger partial charge in [-0.25, -0.2) is 4.79 Å². The first-order valence-electron chi connectivity index (χ1n) is 11.0. The molecule has 1 aliphatic heterocycles. The lowest BCUT2D eigenvalue weighted by Crippen LogP contribution is -2.36. The van der Waals surface area contributed by atoms with E-state index < -0.39 is 0 Å². The van der Waals surface area contributed by atoms with Crippen molar-refractivity contribution in [3.8, 4) is 0 Å². The molecule has 5 nitrogen and oxygen atoms in total. The van der Waals surface area contributed by atoms with E-state index >= 15 is 0 Å². The average molecular weight is 607 g/mol. The molecular weight excluding hydrogens is 579 g/mol. The number of H-pyrrole nitrogens is 1. The molecule has 0 spiro atoms. The number of rotatable bonds is 6. The Morgan fingerprint density at radius 3 is 2.88 bits per heavy atom. The van der Waals surface area contributed by atoms with Gasteiger partial charge in [0.25, 0.3) is 0 Å². The zero-order valence-electron chi connectivity index (χ0n) is 18.3. The number of anilines is 2. The van der Waals surface area contributed by atoms with Crippen LogP contribution >= 0.6 is 38.5 Å². The van der Waals surface area contributed by atoms with Gasteiger partial charge in [-0.1, -0.05) is 25.5 Å². The van der Waals surface area contributed by atoms with E-state index in [0.717, 1.165) is 49.8 Å². The second kappa shape index (κ2) is 10.4. The Morgan fingerprint density at radius 1 is 1.28 bits per heavy atom. The van der Waals surface area contributed by atoms with Crippen molar-refractivity contribution in [1.82, 2.24) is 9.88 Å². The van der Waals surface area contributed by atoms with Gasteiger partial charge in [0.05, 0.1) is 10.2 Å². The summed E-state index contributed by atoms with van der Waals surface area (Å²) >= 11 is 5.76. The Balaban J connectivity index is 1.49. The molecule has 168 valence electrons. The first-order valence-corrected chi connectivity index (χ1v) is 12.9. The molecule has 2 heterocycles. The summed E-state index contributed by atoms with van der Waals surface area (Å²) in [5.41, 5.74) is 5.20. The van der Waals surface area contributed by atoms with Crippen LogP contribution in [0, 0.1) is 3.57 Å². The van der Waals surface area contributed by atoms with Crippen LogP contribution in [0.3, 0.4) is 0 Å². The Morgan fingerprint density at radius 2 is 2.12 bits per heavy atom. The molecule has 0 fully saturated rings. The highest BCUT2D eigenvalue weighted by molar-refractivity contribution is 14.1. The van der Waals surface area contributed by atoms with E-state index in [1.807, 2.05) is 30.3 Å². The predicted octanol–water partition coefficient (Wildman–Crippen LogP) is 7.46. The van der Waals surface area contributed by atoms with Crippen molar-refractivity contribution in [2.45, 2.75) is 39.2 Å². The van der Waals surface area contributed by atoms with Crippen molar-refractivity contribution in [2.24, 2.45) is 0 Å². The number of nitrogens with zero attached hydrogens (tertiary/aromatic N) is 1. The molecule has 7 heteroatoms. The normalized spacial score (nSPS) is 15.4. The number of halogens is 2. The third-order valence-electron chi connectivity index (χ3n) is 6.06. The molecule has 0 aliphatic carbocycles. The fourth-order valence-electron chi connectivity index (χ4n) is 4.28. The maximum Gasteiger partial charge on any atom is 0.323 e. The van der Waals surface area contributed by atoms with Crippen molar-refractivity contribution >= 4 is 72.4 Å². The number of fused-ring (bicyclic) bond motifs is 1. The molecular formula is C25H28BrIN4O. The average Bonchev–Trinajstić information content (AvgIpc) is 3.20. The fourth-order valence-corrected chi connectivity index (χ4v) is 5.14. The smallest absolute Gasteiger partial charge is 0.323 e. The van der Waals surface area contributed by atoms with Crippen molar-refractivity contribution in [3.63, 3.8) is 0 Å². The lowest BCUT2D eigenvalue weighted by Gasteiger charge is -2.31. The summed E-state index contributed by atoms with van der Waals surface area (Å²) in [6.45, 7) is 6.66. The number of aromatic amines is 1. The summed E-state index contributed by atoms with van der Waals surface area (Å²) in [5, 5.41) is 7.03. The lowest BCUT2D eigenvalue weighted by atomic mass is 9.97. The monoisotopic (exact) mass is 606 g/mol. The number of amides is 2. The van der Waals surface area contributed by atoms with Gasteiger partial charge in [-0.3, -0.25) is 4.90 Å². The van der Waals surface area contributed by atoms with E-state index in [-0.39, 0.29) is 6.03 Å². The minimum atomic E-state index is -0.262. The minimum Gasteiger partial charge on any atom is -0.361 e. The van der Waals surface area contributed by atoms with Gasteiger partial charge in [-0.2, -0.15) is 0 Å². The second-order valence-corrected chi connectivity index (χ2v) is 10.2. The number of carbonyl (C=O) groups is 1. The Bertz CT molecular complexity index is 1160. The molecule has 0 saturated heterocycles. The van der Waals surface area contributed by atoms with Crippen LogP contribution in [0.15, 0.2) is 53.1 Å². The van der Waals surface area contributed by atoms with E-state index in [0.29, 0.717) is 6.04 Å². The number of nitrogens with one attached hydrogen (secondary N) is 3. The van der Waals surface area contributed by atoms with Crippen LogP contribution in [0.4, 0.5) is 16.2 Å². The van der Waals surface area contributed by atoms with E-state index in [4.69, 9.17) is 0 Å². The molecule has 32 heavy (non-hydrogen) atoms. The van der Waals surface area contributed by atoms with Gasteiger partial charge >= 0.3 is 6.03 Å². The third-order valence-corrected chi connectivity index (χ3v) is 8.55. The maximum absolute atomic E-state index is 12.6. The molecule has 4 rings (SSSR count). The Hall–Kier alpha value is -1.84. The van der Waals surface area contributed by atoms with Crippen molar-refractivity contribution in [1.29, 1.82) is 0 Å². The number of hydrogen-bond donors (Lipinski definition) is 3. The molecule has 3 aromatic rings. The van der Waals surface area contributed by atoms with Crippen LogP contribution in [0.5, 0.6) is 0 Å². The molecule has 1 aromatic heterocycles. The van der Waals surface area contributed by atoms with Gasteiger partial charge in [-0.15, -0.1) is 0 Å². The Labute approximate surface area is 211 Å². The quantitative estimate of drug-likeness (QED) is 0.255. The number of carbonyl (C=O) groups excluding carboxylic acids is 1. The first-order chi connectivity index (χ1) is 15.5. The summed E-state index contributed by atoms with van der Waals surface area (Å²) in [6, 6.07) is 12.1. The van der Waals surface area contributed by atoms with E-state index in [9.17, 15) is 4.79 Å². The van der Waals surface area contributed by atoms with Crippen LogP contribution in [0.1, 0.15) is 38.7 Å². The molecule has 1 unspecified atom stereocenters. The SMILES string of the molecule is CCCC(C)N1CC=C(c2c[nH]c3ccc(NC(=O)Nc4cccc(I)c4Br)cc23)CC1. The van der Waals surface area contributed by atoms with Gasteiger partial charge < -0.3 is 15.6 Å². The zero-order valence-corrected chi connectivity index (χ0v) is 22.1. The van der Waals surface area contributed by atoms with Gasteiger partial charge in [0.2, 0.25) is 0 Å². The van der Waals surface area contributed by atoms with Crippen LogP contribution in [0.25, 0.3) is 16.5 Å². The summed E-state index contributed by atoms with van der Waals surface area (Å²) < 4.78 is 1.92. The first kappa shape index (κ1) is 23.3. The van der Waals surface area contributed by atoms with Crippen molar-refractivity contribution in [3.05, 3.63) is 62.3 Å². The van der Waals surface area contributed by atoms with Gasteiger partial charge in [0.15, 0.2) is 0 Å². The maximum atomic E-state index is 12.6. The highest BCUT2D eigenvalue weighted by Gasteiger charge is 2.19. The molecule has 0 saturated carbocycles. The van der Waals surface area contributed by atoms with Gasteiger partial charge in [0.1, 0.15) is 0 Å². The molecule has 2 aromatic carbocycles. The van der Waals surface area contributed by atoms with E-state index in [2.05, 4.69) is 91.2 Å². The summed E-state index contributed by atoms with van der Waals surface area (Å²) in [4.78, 5) is 18.5. The highest BCUT2D eigenvalue weighted by Crippen LogP contribution is 2.32. The van der Waals surface area contributed by atoms with Crippen LogP contribution in [-0.4, -0.2) is 35.0 Å². The molecule has 1 atom stereocenters. The summed E-state index contributed by atoms with van der Waals surface area (Å²) in [6.07, 6.45) is 7.96. The van der Waals surface area contributed by atoms with Crippen LogP contribution in [0.2, 0.25) is 0 Å². The van der Waals surface area contributed by atoms with E-state index in [1.165, 1.54) is 24.0 Å². The molecule has 2 amide bonds. The van der Waals surface area contributed by atoms with Crippen LogP contribution < -0.4 is 10.6 Å². The van der Waals surface area contributed by atoms with Crippen molar-refractivity contribution < 1.29 is 4.79 Å². The number of urea groups is 1. The fraction of sp³-hybridized carbons (Fsp3) is 0.320.